The van der Waals surface area contributed by atoms with Crippen LogP contribution in [0.4, 0.5) is 10.1 Å². The van der Waals surface area contributed by atoms with Crippen LogP contribution in [0.3, 0.4) is 0 Å². The fourth-order valence-corrected chi connectivity index (χ4v) is 2.32. The average molecular weight is 295 g/mol. The molecule has 0 aromatic heterocycles. The van der Waals surface area contributed by atoms with Crippen LogP contribution in [0.5, 0.6) is 5.75 Å². The zero-order chi connectivity index (χ0) is 14.8. The van der Waals surface area contributed by atoms with Gasteiger partial charge in [0.05, 0.1) is 10.6 Å². The maximum absolute atomic E-state index is 13.7. The lowest BCUT2D eigenvalue weighted by molar-refractivity contribution is 0.299. The normalized spacial score (nSPS) is 11.3. The largest absolute Gasteiger partial charge is 0.489 e. The second-order valence-electron chi connectivity index (χ2n) is 4.36. The molecule has 0 aliphatic rings. The lowest BCUT2D eigenvalue weighted by Gasteiger charge is -2.09. The molecule has 20 heavy (non-hydrogen) atoms. The lowest BCUT2D eigenvalue weighted by Crippen LogP contribution is -2.02. The second-order valence-corrected chi connectivity index (χ2v) is 6.37. The molecule has 2 rings (SSSR count). The third-order valence-corrected chi connectivity index (χ3v) is 3.85. The van der Waals surface area contributed by atoms with Crippen molar-refractivity contribution in [2.24, 2.45) is 0 Å². The van der Waals surface area contributed by atoms with Gasteiger partial charge in [0, 0.05) is 11.8 Å². The van der Waals surface area contributed by atoms with Gasteiger partial charge in [0.1, 0.15) is 12.4 Å². The Bertz CT molecular complexity index is 729. The SMILES string of the molecule is CS(=O)(=O)c1cccc(OCc2cccc(N)c2F)c1. The summed E-state index contributed by atoms with van der Waals surface area (Å²) in [5.41, 5.74) is 5.83. The first kappa shape index (κ1) is 14.3. The number of anilines is 1. The van der Waals surface area contributed by atoms with Crippen molar-refractivity contribution >= 4 is 15.5 Å². The molecule has 2 aromatic carbocycles. The molecule has 0 heterocycles. The first-order chi connectivity index (χ1) is 9.38. The minimum absolute atomic E-state index is 0.0237. The van der Waals surface area contributed by atoms with Crippen LogP contribution in [-0.4, -0.2) is 14.7 Å². The predicted octanol–water partition coefficient (Wildman–Crippen LogP) is 2.39. The van der Waals surface area contributed by atoms with Crippen LogP contribution in [0.15, 0.2) is 47.4 Å². The Kier molecular flexibility index (Phi) is 3.94. The van der Waals surface area contributed by atoms with E-state index in [2.05, 4.69) is 0 Å². The Morgan fingerprint density at radius 2 is 1.90 bits per heavy atom. The van der Waals surface area contributed by atoms with Crippen molar-refractivity contribution in [3.8, 4) is 5.75 Å². The van der Waals surface area contributed by atoms with E-state index in [-0.39, 0.29) is 17.2 Å². The molecule has 0 unspecified atom stereocenters. The minimum Gasteiger partial charge on any atom is -0.489 e. The van der Waals surface area contributed by atoms with Gasteiger partial charge in [-0.2, -0.15) is 0 Å². The molecule has 0 amide bonds. The summed E-state index contributed by atoms with van der Waals surface area (Å²) < 4.78 is 41.9. The van der Waals surface area contributed by atoms with Crippen molar-refractivity contribution in [3.63, 3.8) is 0 Å². The van der Waals surface area contributed by atoms with Crippen LogP contribution < -0.4 is 10.5 Å². The van der Waals surface area contributed by atoms with E-state index in [9.17, 15) is 12.8 Å². The molecular weight excluding hydrogens is 281 g/mol. The zero-order valence-electron chi connectivity index (χ0n) is 10.8. The van der Waals surface area contributed by atoms with Crippen molar-refractivity contribution in [3.05, 3.63) is 53.8 Å². The molecule has 0 aliphatic heterocycles. The van der Waals surface area contributed by atoms with Crippen molar-refractivity contribution in [1.29, 1.82) is 0 Å². The molecule has 6 heteroatoms. The Labute approximate surface area is 116 Å². The monoisotopic (exact) mass is 295 g/mol. The molecule has 106 valence electrons. The summed E-state index contributed by atoms with van der Waals surface area (Å²) in [6.07, 6.45) is 1.11. The summed E-state index contributed by atoms with van der Waals surface area (Å²) in [6, 6.07) is 10.7. The number of halogens is 1. The summed E-state index contributed by atoms with van der Waals surface area (Å²) in [6.45, 7) is -0.0237. The van der Waals surface area contributed by atoms with E-state index in [1.807, 2.05) is 0 Å². The Balaban J connectivity index is 2.18. The highest BCUT2D eigenvalue weighted by Gasteiger charge is 2.09. The van der Waals surface area contributed by atoms with E-state index in [1.165, 1.54) is 18.2 Å². The highest BCUT2D eigenvalue weighted by atomic mass is 32.2. The number of benzene rings is 2. The number of rotatable bonds is 4. The lowest BCUT2D eigenvalue weighted by atomic mass is 10.2. The van der Waals surface area contributed by atoms with Crippen molar-refractivity contribution in [1.82, 2.24) is 0 Å². The molecule has 0 radical (unpaired) electrons. The van der Waals surface area contributed by atoms with Crippen LogP contribution in [0.25, 0.3) is 0 Å². The van der Waals surface area contributed by atoms with Gasteiger partial charge in [-0.25, -0.2) is 12.8 Å². The summed E-state index contributed by atoms with van der Waals surface area (Å²) in [4.78, 5) is 0.156. The zero-order valence-corrected chi connectivity index (χ0v) is 11.7. The number of hydrogen-bond donors (Lipinski definition) is 1. The topological polar surface area (TPSA) is 69.4 Å². The predicted molar refractivity (Wildman–Crippen MR) is 74.7 cm³/mol. The van der Waals surface area contributed by atoms with Gasteiger partial charge < -0.3 is 10.5 Å². The molecule has 0 aliphatic carbocycles. The van der Waals surface area contributed by atoms with Crippen LogP contribution in [0.2, 0.25) is 0 Å². The van der Waals surface area contributed by atoms with Gasteiger partial charge >= 0.3 is 0 Å². The van der Waals surface area contributed by atoms with Gasteiger partial charge in [-0.1, -0.05) is 18.2 Å². The molecule has 0 fully saturated rings. The maximum atomic E-state index is 13.7. The van der Waals surface area contributed by atoms with E-state index in [4.69, 9.17) is 10.5 Å². The third kappa shape index (κ3) is 3.27. The molecule has 0 bridgehead atoms. The summed E-state index contributed by atoms with van der Waals surface area (Å²) >= 11 is 0. The summed E-state index contributed by atoms with van der Waals surface area (Å²) in [5.74, 6) is -0.165. The highest BCUT2D eigenvalue weighted by Crippen LogP contribution is 2.20. The van der Waals surface area contributed by atoms with Gasteiger partial charge in [-0.3, -0.25) is 0 Å². The van der Waals surface area contributed by atoms with Crippen LogP contribution in [-0.2, 0) is 16.4 Å². The van der Waals surface area contributed by atoms with Gasteiger partial charge in [0.15, 0.2) is 15.7 Å². The summed E-state index contributed by atoms with van der Waals surface area (Å²) in [7, 11) is -3.30. The van der Waals surface area contributed by atoms with Gasteiger partial charge in [-0.15, -0.1) is 0 Å². The van der Waals surface area contributed by atoms with Crippen molar-refractivity contribution in [2.75, 3.05) is 12.0 Å². The first-order valence-electron chi connectivity index (χ1n) is 5.84. The fraction of sp³-hybridized carbons (Fsp3) is 0.143. The van der Waals surface area contributed by atoms with Crippen LogP contribution >= 0.6 is 0 Å². The number of hydrogen-bond acceptors (Lipinski definition) is 4. The number of ether oxygens (including phenoxy) is 1. The molecular formula is C14H14FNO3S. The highest BCUT2D eigenvalue weighted by molar-refractivity contribution is 7.90. The quantitative estimate of drug-likeness (QED) is 0.879. The minimum atomic E-state index is -3.30. The first-order valence-corrected chi connectivity index (χ1v) is 7.73. The van der Waals surface area contributed by atoms with Gasteiger partial charge in [-0.05, 0) is 24.3 Å². The molecule has 0 atom stereocenters. The van der Waals surface area contributed by atoms with E-state index in [1.54, 1.807) is 24.3 Å². The van der Waals surface area contributed by atoms with E-state index < -0.39 is 15.7 Å². The molecule has 2 N–H and O–H groups in total. The van der Waals surface area contributed by atoms with E-state index >= 15 is 0 Å². The second kappa shape index (κ2) is 5.50. The van der Waals surface area contributed by atoms with Crippen molar-refractivity contribution < 1.29 is 17.5 Å². The van der Waals surface area contributed by atoms with Crippen LogP contribution in [0, 0.1) is 5.82 Å². The third-order valence-electron chi connectivity index (χ3n) is 2.74. The number of nitrogen functional groups attached to an aromatic ring is 1. The van der Waals surface area contributed by atoms with E-state index in [0.717, 1.165) is 6.26 Å². The maximum Gasteiger partial charge on any atom is 0.175 e. The number of nitrogens with two attached hydrogens (primary N) is 1. The van der Waals surface area contributed by atoms with Gasteiger partial charge in [0.2, 0.25) is 0 Å². The van der Waals surface area contributed by atoms with Crippen LogP contribution in [0.1, 0.15) is 5.56 Å². The smallest absolute Gasteiger partial charge is 0.175 e. The standard InChI is InChI=1S/C14H14FNO3S/c1-20(17,18)12-6-3-5-11(8-12)19-9-10-4-2-7-13(16)14(10)15/h2-8H,9,16H2,1H3. The molecule has 0 spiro atoms. The molecule has 4 nitrogen and oxygen atoms in total. The number of sulfone groups is 1. The Morgan fingerprint density at radius 1 is 1.20 bits per heavy atom. The summed E-state index contributed by atoms with van der Waals surface area (Å²) in [5, 5.41) is 0. The molecule has 0 saturated heterocycles. The fourth-order valence-electron chi connectivity index (χ4n) is 1.67. The van der Waals surface area contributed by atoms with Crippen molar-refractivity contribution in [2.45, 2.75) is 11.5 Å². The average Bonchev–Trinajstić information content (AvgIpc) is 2.40. The molecule has 0 saturated carbocycles. The molecule has 2 aromatic rings. The van der Waals surface area contributed by atoms with Gasteiger partial charge in [0.25, 0.3) is 0 Å². The Hall–Kier alpha value is -2.08. The Morgan fingerprint density at radius 3 is 2.60 bits per heavy atom. The van der Waals surface area contributed by atoms with E-state index in [0.29, 0.717) is 11.3 Å².